The molecule has 1 heterocycles. The lowest BCUT2D eigenvalue weighted by atomic mass is 10.2. The Morgan fingerprint density at radius 1 is 0.906 bits per heavy atom. The summed E-state index contributed by atoms with van der Waals surface area (Å²) in [5.74, 6) is -0.0185. The minimum Gasteiger partial charge on any atom is -0.385 e. The zero-order valence-electron chi connectivity index (χ0n) is 18.0. The van der Waals surface area contributed by atoms with E-state index in [0.29, 0.717) is 45.4 Å². The third kappa shape index (κ3) is 6.97. The number of nitro groups is 1. The first-order valence-electron chi connectivity index (χ1n) is 10.9. The molecule has 1 saturated heterocycles. The van der Waals surface area contributed by atoms with E-state index in [1.54, 1.807) is 12.1 Å². The second kappa shape index (κ2) is 11.7. The molecule has 0 saturated carbocycles. The normalized spacial score (nSPS) is 13.5. The average Bonchev–Trinajstić information content (AvgIpc) is 2.82. The Kier molecular flexibility index (Phi) is 8.42. The molecule has 3 rings (SSSR count). The maximum Gasteiger partial charge on any atom is 0.269 e. The van der Waals surface area contributed by atoms with Crippen molar-refractivity contribution >= 4 is 28.9 Å². The number of carbonyl (C=O) groups excluding carboxylic acids is 2. The zero-order valence-corrected chi connectivity index (χ0v) is 18.0. The number of para-hydroxylation sites is 1. The Hall–Kier alpha value is -3.62. The Morgan fingerprint density at radius 2 is 1.59 bits per heavy atom. The highest BCUT2D eigenvalue weighted by molar-refractivity contribution is 5.79. The molecule has 1 aliphatic heterocycles. The van der Waals surface area contributed by atoms with Crippen LogP contribution in [0.1, 0.15) is 19.3 Å². The van der Waals surface area contributed by atoms with Gasteiger partial charge in [-0.1, -0.05) is 18.2 Å². The van der Waals surface area contributed by atoms with E-state index in [9.17, 15) is 19.7 Å². The van der Waals surface area contributed by atoms with Crippen LogP contribution in [0.25, 0.3) is 0 Å². The van der Waals surface area contributed by atoms with Crippen LogP contribution in [0.15, 0.2) is 54.6 Å². The van der Waals surface area contributed by atoms with Gasteiger partial charge in [0.2, 0.25) is 11.8 Å². The van der Waals surface area contributed by atoms with Crippen LogP contribution in [0.2, 0.25) is 0 Å². The first-order valence-corrected chi connectivity index (χ1v) is 10.9. The summed E-state index contributed by atoms with van der Waals surface area (Å²) >= 11 is 0. The van der Waals surface area contributed by atoms with Gasteiger partial charge in [-0.25, -0.2) is 0 Å². The fraction of sp³-hybridized carbons (Fsp3) is 0.391. The van der Waals surface area contributed by atoms with Gasteiger partial charge in [0.25, 0.3) is 5.69 Å². The van der Waals surface area contributed by atoms with Gasteiger partial charge in [-0.15, -0.1) is 0 Å². The smallest absolute Gasteiger partial charge is 0.269 e. The molecule has 1 aliphatic rings. The maximum atomic E-state index is 12.4. The third-order valence-electron chi connectivity index (χ3n) is 5.40. The summed E-state index contributed by atoms with van der Waals surface area (Å²) < 4.78 is 0. The number of amides is 2. The van der Waals surface area contributed by atoms with E-state index in [4.69, 9.17) is 0 Å². The van der Waals surface area contributed by atoms with Crippen molar-refractivity contribution in [3.63, 3.8) is 0 Å². The topological polar surface area (TPSA) is 108 Å². The van der Waals surface area contributed by atoms with E-state index >= 15 is 0 Å². The molecule has 0 aliphatic carbocycles. The molecule has 0 radical (unpaired) electrons. The first kappa shape index (κ1) is 23.1. The maximum absolute atomic E-state index is 12.4. The highest BCUT2D eigenvalue weighted by atomic mass is 16.6. The van der Waals surface area contributed by atoms with E-state index in [-0.39, 0.29) is 17.5 Å². The van der Waals surface area contributed by atoms with Crippen molar-refractivity contribution in [2.45, 2.75) is 19.3 Å². The zero-order chi connectivity index (χ0) is 22.8. The van der Waals surface area contributed by atoms with Crippen LogP contribution in [-0.4, -0.2) is 60.9 Å². The van der Waals surface area contributed by atoms with Crippen molar-refractivity contribution in [3.8, 4) is 0 Å². The summed E-state index contributed by atoms with van der Waals surface area (Å²) in [7, 11) is 0. The largest absolute Gasteiger partial charge is 0.385 e. The molecule has 2 aromatic carbocycles. The SMILES string of the molecule is O=C(CCCNc1ccc([N+](=O)[O-])cc1)NCCC(=O)N1CCN(c2ccccc2)CC1. The van der Waals surface area contributed by atoms with E-state index in [0.717, 1.165) is 18.8 Å². The summed E-state index contributed by atoms with van der Waals surface area (Å²) in [5.41, 5.74) is 1.99. The number of carbonyl (C=O) groups is 2. The van der Waals surface area contributed by atoms with Crippen LogP contribution in [0.4, 0.5) is 17.1 Å². The number of piperazine rings is 1. The van der Waals surface area contributed by atoms with Crippen molar-refractivity contribution in [1.82, 2.24) is 10.2 Å². The van der Waals surface area contributed by atoms with E-state index < -0.39 is 4.92 Å². The average molecular weight is 440 g/mol. The minimum absolute atomic E-state index is 0.0440. The first-order chi connectivity index (χ1) is 15.5. The highest BCUT2D eigenvalue weighted by Crippen LogP contribution is 2.16. The number of benzene rings is 2. The predicted molar refractivity (Wildman–Crippen MR) is 124 cm³/mol. The Bertz CT molecular complexity index is 896. The lowest BCUT2D eigenvalue weighted by Gasteiger charge is -2.36. The third-order valence-corrected chi connectivity index (χ3v) is 5.40. The molecule has 0 atom stereocenters. The molecule has 0 spiro atoms. The highest BCUT2D eigenvalue weighted by Gasteiger charge is 2.20. The van der Waals surface area contributed by atoms with Gasteiger partial charge >= 0.3 is 0 Å². The molecule has 0 unspecified atom stereocenters. The van der Waals surface area contributed by atoms with Crippen LogP contribution < -0.4 is 15.5 Å². The van der Waals surface area contributed by atoms with Crippen molar-refractivity contribution in [3.05, 3.63) is 64.7 Å². The molecule has 9 heteroatoms. The lowest BCUT2D eigenvalue weighted by Crippen LogP contribution is -2.49. The van der Waals surface area contributed by atoms with Crippen LogP contribution >= 0.6 is 0 Å². The molecule has 0 aromatic heterocycles. The van der Waals surface area contributed by atoms with Gasteiger partial charge in [0.1, 0.15) is 0 Å². The van der Waals surface area contributed by atoms with Gasteiger partial charge in [0.05, 0.1) is 4.92 Å². The van der Waals surface area contributed by atoms with Gasteiger partial charge in [-0.2, -0.15) is 0 Å². The fourth-order valence-corrected chi connectivity index (χ4v) is 3.59. The quantitative estimate of drug-likeness (QED) is 0.335. The Morgan fingerprint density at radius 3 is 2.25 bits per heavy atom. The number of nitrogens with one attached hydrogen (secondary N) is 2. The van der Waals surface area contributed by atoms with E-state index in [1.807, 2.05) is 23.1 Å². The number of nitro benzene ring substituents is 1. The molecule has 2 aromatic rings. The predicted octanol–water partition coefficient (Wildman–Crippen LogP) is 2.64. The summed E-state index contributed by atoms with van der Waals surface area (Å²) in [4.78, 5) is 38.7. The van der Waals surface area contributed by atoms with Crippen LogP contribution in [0.5, 0.6) is 0 Å². The molecule has 9 nitrogen and oxygen atoms in total. The second-order valence-corrected chi connectivity index (χ2v) is 7.64. The number of nitrogens with zero attached hydrogens (tertiary/aromatic N) is 3. The Labute approximate surface area is 187 Å². The number of anilines is 2. The van der Waals surface area contributed by atoms with Gasteiger partial charge < -0.3 is 20.4 Å². The van der Waals surface area contributed by atoms with Crippen molar-refractivity contribution in [2.24, 2.45) is 0 Å². The van der Waals surface area contributed by atoms with Crippen LogP contribution in [-0.2, 0) is 9.59 Å². The van der Waals surface area contributed by atoms with E-state index in [1.165, 1.54) is 17.8 Å². The van der Waals surface area contributed by atoms with Gasteiger partial charge in [0, 0.05) is 75.6 Å². The van der Waals surface area contributed by atoms with Crippen molar-refractivity contribution in [2.75, 3.05) is 49.5 Å². The van der Waals surface area contributed by atoms with Gasteiger partial charge in [-0.3, -0.25) is 19.7 Å². The molecular formula is C23H29N5O4. The fourth-order valence-electron chi connectivity index (χ4n) is 3.59. The van der Waals surface area contributed by atoms with E-state index in [2.05, 4.69) is 27.7 Å². The second-order valence-electron chi connectivity index (χ2n) is 7.64. The molecule has 0 bridgehead atoms. The summed E-state index contributed by atoms with van der Waals surface area (Å²) in [6, 6.07) is 16.3. The summed E-state index contributed by atoms with van der Waals surface area (Å²) in [6.07, 6.45) is 1.28. The molecule has 2 amide bonds. The number of hydrogen-bond donors (Lipinski definition) is 2. The number of non-ortho nitro benzene ring substituents is 1. The van der Waals surface area contributed by atoms with Crippen molar-refractivity contribution in [1.29, 1.82) is 0 Å². The molecule has 2 N–H and O–H groups in total. The van der Waals surface area contributed by atoms with Crippen molar-refractivity contribution < 1.29 is 14.5 Å². The van der Waals surface area contributed by atoms with Gasteiger partial charge in [-0.05, 0) is 30.7 Å². The van der Waals surface area contributed by atoms with Crippen LogP contribution in [0.3, 0.4) is 0 Å². The standard InChI is InChI=1S/C23H29N5O4/c29-22(7-4-13-24-19-8-10-21(11-9-19)28(31)32)25-14-12-23(30)27-17-15-26(16-18-27)20-5-2-1-3-6-20/h1-3,5-6,8-11,24H,4,7,12-18H2,(H,25,29). The molecule has 32 heavy (non-hydrogen) atoms. The summed E-state index contributed by atoms with van der Waals surface area (Å²) in [6.45, 7) is 3.92. The number of rotatable bonds is 10. The van der Waals surface area contributed by atoms with Gasteiger partial charge in [0.15, 0.2) is 0 Å². The summed E-state index contributed by atoms with van der Waals surface area (Å²) in [5, 5.41) is 16.6. The monoisotopic (exact) mass is 439 g/mol. The molecule has 170 valence electrons. The lowest BCUT2D eigenvalue weighted by molar-refractivity contribution is -0.384. The number of hydrogen-bond acceptors (Lipinski definition) is 6. The molecule has 1 fully saturated rings. The Balaban J connectivity index is 1.25. The minimum atomic E-state index is -0.441. The van der Waals surface area contributed by atoms with Crippen LogP contribution in [0, 0.1) is 10.1 Å². The molecular weight excluding hydrogens is 410 g/mol.